The van der Waals surface area contributed by atoms with E-state index in [0.29, 0.717) is 17.7 Å². The number of benzene rings is 3. The number of carbonyl (C=O) groups excluding carboxylic acids is 2. The van der Waals surface area contributed by atoms with Gasteiger partial charge in [0.1, 0.15) is 5.82 Å². The second-order valence-corrected chi connectivity index (χ2v) is 7.33. The zero-order chi connectivity index (χ0) is 20.5. The summed E-state index contributed by atoms with van der Waals surface area (Å²) in [7, 11) is 0. The summed E-state index contributed by atoms with van der Waals surface area (Å²) in [5, 5.41) is 2.91. The van der Waals surface area contributed by atoms with Crippen molar-refractivity contribution >= 4 is 34.2 Å². The summed E-state index contributed by atoms with van der Waals surface area (Å²) in [6.45, 7) is 0.738. The van der Waals surface area contributed by atoms with Gasteiger partial charge in [0.05, 0.1) is 11.0 Å². The van der Waals surface area contributed by atoms with E-state index in [4.69, 9.17) is 0 Å². The van der Waals surface area contributed by atoms with E-state index in [1.165, 1.54) is 0 Å². The standard InChI is InChI=1S/C24H20N4O2/c29-22-6-3-15-28(22)19-13-9-17(10-14-19)24(30)25-18-11-7-16(8-12-18)23-26-20-4-1-2-5-21(20)27-23/h1-2,4-5,7-14H,3,6,15H2,(H,25,30)(H,26,27). The van der Waals surface area contributed by atoms with Gasteiger partial charge in [-0.3, -0.25) is 9.59 Å². The number of aromatic amines is 1. The Bertz CT molecular complexity index is 1190. The summed E-state index contributed by atoms with van der Waals surface area (Å²) in [5.74, 6) is 0.739. The molecule has 148 valence electrons. The van der Waals surface area contributed by atoms with Crippen LogP contribution in [0.3, 0.4) is 0 Å². The van der Waals surface area contributed by atoms with Gasteiger partial charge in [0.15, 0.2) is 0 Å². The van der Waals surface area contributed by atoms with E-state index in [-0.39, 0.29) is 11.8 Å². The van der Waals surface area contributed by atoms with Crippen molar-refractivity contribution in [3.63, 3.8) is 0 Å². The van der Waals surface area contributed by atoms with Gasteiger partial charge in [0.25, 0.3) is 5.91 Å². The summed E-state index contributed by atoms with van der Waals surface area (Å²) in [6, 6.07) is 22.6. The quantitative estimate of drug-likeness (QED) is 0.529. The van der Waals surface area contributed by atoms with Crippen molar-refractivity contribution in [3.05, 3.63) is 78.4 Å². The fourth-order valence-corrected chi connectivity index (χ4v) is 3.72. The van der Waals surface area contributed by atoms with Crippen LogP contribution in [-0.4, -0.2) is 28.3 Å². The van der Waals surface area contributed by atoms with E-state index >= 15 is 0 Å². The molecule has 3 aromatic carbocycles. The molecule has 0 spiro atoms. The van der Waals surface area contributed by atoms with E-state index < -0.39 is 0 Å². The number of H-pyrrole nitrogens is 1. The first-order chi connectivity index (χ1) is 14.7. The van der Waals surface area contributed by atoms with E-state index in [0.717, 1.165) is 41.1 Å². The summed E-state index contributed by atoms with van der Waals surface area (Å²) in [6.07, 6.45) is 1.47. The van der Waals surface area contributed by atoms with Crippen LogP contribution in [0.2, 0.25) is 0 Å². The van der Waals surface area contributed by atoms with Crippen LogP contribution >= 0.6 is 0 Å². The Balaban J connectivity index is 1.28. The van der Waals surface area contributed by atoms with Crippen LogP contribution in [0.5, 0.6) is 0 Å². The molecule has 5 rings (SSSR count). The lowest BCUT2D eigenvalue weighted by Crippen LogP contribution is -2.23. The molecule has 6 nitrogen and oxygen atoms in total. The molecule has 4 aromatic rings. The average molecular weight is 396 g/mol. The molecule has 0 unspecified atom stereocenters. The van der Waals surface area contributed by atoms with Crippen molar-refractivity contribution in [2.75, 3.05) is 16.8 Å². The van der Waals surface area contributed by atoms with Gasteiger partial charge in [-0.1, -0.05) is 12.1 Å². The fraction of sp³-hybridized carbons (Fsp3) is 0.125. The first-order valence-electron chi connectivity index (χ1n) is 9.94. The Kier molecular flexibility index (Phi) is 4.52. The van der Waals surface area contributed by atoms with Crippen molar-refractivity contribution in [1.82, 2.24) is 9.97 Å². The summed E-state index contributed by atoms with van der Waals surface area (Å²) >= 11 is 0. The van der Waals surface area contributed by atoms with Crippen LogP contribution in [0.4, 0.5) is 11.4 Å². The highest BCUT2D eigenvalue weighted by atomic mass is 16.2. The maximum absolute atomic E-state index is 12.6. The zero-order valence-electron chi connectivity index (χ0n) is 16.3. The predicted molar refractivity (Wildman–Crippen MR) is 118 cm³/mol. The van der Waals surface area contributed by atoms with Crippen molar-refractivity contribution < 1.29 is 9.59 Å². The predicted octanol–water partition coefficient (Wildman–Crippen LogP) is 4.61. The molecule has 2 amide bonds. The van der Waals surface area contributed by atoms with Crippen molar-refractivity contribution in [3.8, 4) is 11.4 Å². The third-order valence-electron chi connectivity index (χ3n) is 5.32. The zero-order valence-corrected chi connectivity index (χ0v) is 16.3. The number of fused-ring (bicyclic) bond motifs is 1. The largest absolute Gasteiger partial charge is 0.338 e. The number of hydrogen-bond acceptors (Lipinski definition) is 3. The Morgan fingerprint density at radius 1 is 0.967 bits per heavy atom. The Morgan fingerprint density at radius 3 is 2.43 bits per heavy atom. The summed E-state index contributed by atoms with van der Waals surface area (Å²) in [5.41, 5.74) is 4.95. The molecule has 0 radical (unpaired) electrons. The first-order valence-corrected chi connectivity index (χ1v) is 9.94. The lowest BCUT2D eigenvalue weighted by Gasteiger charge is -2.15. The van der Waals surface area contributed by atoms with Gasteiger partial charge in [0.2, 0.25) is 5.91 Å². The van der Waals surface area contributed by atoms with Crippen molar-refractivity contribution in [2.45, 2.75) is 12.8 Å². The topological polar surface area (TPSA) is 78.1 Å². The number of para-hydroxylation sites is 2. The molecule has 0 atom stereocenters. The number of anilines is 2. The first kappa shape index (κ1) is 18.1. The second kappa shape index (κ2) is 7.48. The highest BCUT2D eigenvalue weighted by molar-refractivity contribution is 6.05. The maximum atomic E-state index is 12.6. The molecule has 0 bridgehead atoms. The van der Waals surface area contributed by atoms with E-state index in [1.54, 1.807) is 17.0 Å². The molecule has 30 heavy (non-hydrogen) atoms. The molecule has 1 saturated heterocycles. The van der Waals surface area contributed by atoms with Crippen LogP contribution in [0.25, 0.3) is 22.4 Å². The lowest BCUT2D eigenvalue weighted by molar-refractivity contribution is -0.117. The van der Waals surface area contributed by atoms with Crippen LogP contribution < -0.4 is 10.2 Å². The molecule has 2 heterocycles. The number of rotatable bonds is 4. The van der Waals surface area contributed by atoms with Gasteiger partial charge in [-0.2, -0.15) is 0 Å². The molecular weight excluding hydrogens is 376 g/mol. The number of nitrogens with one attached hydrogen (secondary N) is 2. The molecular formula is C24H20N4O2. The second-order valence-electron chi connectivity index (χ2n) is 7.33. The SMILES string of the molecule is O=C(Nc1ccc(-c2nc3ccccc3[nH]2)cc1)c1ccc(N2CCCC2=O)cc1. The van der Waals surface area contributed by atoms with Gasteiger partial charge in [-0.15, -0.1) is 0 Å². The molecule has 6 heteroatoms. The van der Waals surface area contributed by atoms with Crippen LogP contribution in [0, 0.1) is 0 Å². The van der Waals surface area contributed by atoms with Gasteiger partial charge < -0.3 is 15.2 Å². The molecule has 1 aromatic heterocycles. The number of hydrogen-bond donors (Lipinski definition) is 2. The summed E-state index contributed by atoms with van der Waals surface area (Å²) in [4.78, 5) is 34.1. The highest BCUT2D eigenvalue weighted by Gasteiger charge is 2.21. The Labute approximate surface area is 173 Å². The molecule has 0 saturated carbocycles. The van der Waals surface area contributed by atoms with E-state index in [9.17, 15) is 9.59 Å². The minimum atomic E-state index is -0.189. The maximum Gasteiger partial charge on any atom is 0.255 e. The molecule has 1 fully saturated rings. The van der Waals surface area contributed by atoms with Gasteiger partial charge in [-0.05, 0) is 67.1 Å². The molecule has 1 aliphatic heterocycles. The van der Waals surface area contributed by atoms with Crippen molar-refractivity contribution in [1.29, 1.82) is 0 Å². The normalized spacial score (nSPS) is 13.7. The van der Waals surface area contributed by atoms with Crippen LogP contribution in [0.15, 0.2) is 72.8 Å². The van der Waals surface area contributed by atoms with E-state index in [1.807, 2.05) is 60.7 Å². The highest BCUT2D eigenvalue weighted by Crippen LogP contribution is 2.24. The van der Waals surface area contributed by atoms with Gasteiger partial charge >= 0.3 is 0 Å². The Morgan fingerprint density at radius 2 is 1.73 bits per heavy atom. The third-order valence-corrected chi connectivity index (χ3v) is 5.32. The number of nitrogens with zero attached hydrogens (tertiary/aromatic N) is 2. The number of imidazole rings is 1. The molecule has 2 N–H and O–H groups in total. The number of amides is 2. The lowest BCUT2D eigenvalue weighted by atomic mass is 10.1. The van der Waals surface area contributed by atoms with Crippen molar-refractivity contribution in [2.24, 2.45) is 0 Å². The monoisotopic (exact) mass is 396 g/mol. The smallest absolute Gasteiger partial charge is 0.255 e. The third kappa shape index (κ3) is 3.43. The molecule has 1 aliphatic rings. The van der Waals surface area contributed by atoms with Crippen LogP contribution in [0.1, 0.15) is 23.2 Å². The van der Waals surface area contributed by atoms with Gasteiger partial charge in [-0.25, -0.2) is 4.98 Å². The van der Waals surface area contributed by atoms with E-state index in [2.05, 4.69) is 15.3 Å². The molecule has 0 aliphatic carbocycles. The minimum absolute atomic E-state index is 0.136. The number of aromatic nitrogens is 2. The minimum Gasteiger partial charge on any atom is -0.338 e. The van der Waals surface area contributed by atoms with Gasteiger partial charge in [0, 0.05) is 35.5 Å². The fourth-order valence-electron chi connectivity index (χ4n) is 3.72. The Hall–Kier alpha value is -3.93. The average Bonchev–Trinajstić information content (AvgIpc) is 3.40. The summed E-state index contributed by atoms with van der Waals surface area (Å²) < 4.78 is 0. The number of carbonyl (C=O) groups is 2. The van der Waals surface area contributed by atoms with Crippen LogP contribution in [-0.2, 0) is 4.79 Å².